The van der Waals surface area contributed by atoms with Crippen LogP contribution in [0.15, 0.2) is 17.1 Å². The first-order chi connectivity index (χ1) is 16.0. The smallest absolute Gasteiger partial charge is 0.303 e. The van der Waals surface area contributed by atoms with Crippen molar-refractivity contribution in [1.82, 2.24) is 0 Å². The summed E-state index contributed by atoms with van der Waals surface area (Å²) < 4.78 is 35.1. The number of hydrogen-bond acceptors (Lipinski definition) is 9. The van der Waals surface area contributed by atoms with Gasteiger partial charge in [-0.05, 0) is 30.7 Å². The molecule has 0 aromatic rings. The van der Waals surface area contributed by atoms with Crippen molar-refractivity contribution < 1.29 is 38.3 Å². The molecule has 2 fully saturated rings. The Morgan fingerprint density at radius 1 is 1.27 bits per heavy atom. The maximum atomic E-state index is 11.9. The molecule has 11 heteroatoms. The Balaban J connectivity index is 1.79. The van der Waals surface area contributed by atoms with E-state index in [0.717, 1.165) is 25.7 Å². The molecule has 0 aromatic carbocycles. The van der Waals surface area contributed by atoms with E-state index in [-0.39, 0.29) is 18.4 Å². The molecule has 2 bridgehead atoms. The third-order valence-electron chi connectivity index (χ3n) is 6.18. The van der Waals surface area contributed by atoms with E-state index in [9.17, 15) is 9.90 Å². The van der Waals surface area contributed by atoms with Crippen LogP contribution in [-0.4, -0.2) is 67.8 Å². The molecule has 2 heterocycles. The highest BCUT2D eigenvalue weighted by atomic mass is 16.7. The number of nitrogens with zero attached hydrogens (tertiary/aromatic N) is 3. The van der Waals surface area contributed by atoms with Crippen LogP contribution in [0.5, 0.6) is 0 Å². The summed E-state index contributed by atoms with van der Waals surface area (Å²) >= 11 is 0. The SMILES string of the molecule is CCCCOC1=CO[C@@H](O[C@@H]2C3CO[C@H](O)C(N=[N+]=[N-])C2C3)C(OC(C)=O)C1OCCCC. The van der Waals surface area contributed by atoms with Crippen LogP contribution in [0.3, 0.4) is 0 Å². The number of esters is 1. The molecule has 11 nitrogen and oxygen atoms in total. The second-order valence-electron chi connectivity index (χ2n) is 8.63. The maximum absolute atomic E-state index is 11.9. The summed E-state index contributed by atoms with van der Waals surface area (Å²) in [6.07, 6.45) is 1.70. The van der Waals surface area contributed by atoms with Gasteiger partial charge in [0.05, 0.1) is 25.4 Å². The molecular weight excluding hydrogens is 434 g/mol. The molecule has 3 aliphatic rings. The van der Waals surface area contributed by atoms with Gasteiger partial charge in [0.25, 0.3) is 0 Å². The van der Waals surface area contributed by atoms with Crippen molar-refractivity contribution in [2.45, 2.75) is 89.8 Å². The summed E-state index contributed by atoms with van der Waals surface area (Å²) in [7, 11) is 0. The highest BCUT2D eigenvalue weighted by Gasteiger charge is 2.54. The second kappa shape index (κ2) is 12.4. The summed E-state index contributed by atoms with van der Waals surface area (Å²) in [5.74, 6) is -0.276. The predicted molar refractivity (Wildman–Crippen MR) is 115 cm³/mol. The monoisotopic (exact) mass is 469 g/mol. The first kappa shape index (κ1) is 25.6. The van der Waals surface area contributed by atoms with Gasteiger partial charge in [-0.3, -0.25) is 4.79 Å². The molecule has 2 aliphatic heterocycles. The van der Waals surface area contributed by atoms with Crippen LogP contribution >= 0.6 is 0 Å². The number of azide groups is 1. The van der Waals surface area contributed by atoms with Gasteiger partial charge in [0, 0.05) is 24.4 Å². The Kier molecular flexibility index (Phi) is 9.64. The van der Waals surface area contributed by atoms with Crippen molar-refractivity contribution in [1.29, 1.82) is 0 Å². The highest BCUT2D eigenvalue weighted by molar-refractivity contribution is 5.66. The normalized spacial score (nSPS) is 35.2. The first-order valence-electron chi connectivity index (χ1n) is 11.8. The molecule has 0 amide bonds. The molecular formula is C22H35N3O8. The fraction of sp³-hybridized carbons (Fsp3) is 0.864. The van der Waals surface area contributed by atoms with Gasteiger partial charge in [0.1, 0.15) is 6.26 Å². The quantitative estimate of drug-likeness (QED) is 0.151. The molecule has 0 radical (unpaired) electrons. The molecule has 1 saturated carbocycles. The lowest BCUT2D eigenvalue weighted by Gasteiger charge is -2.47. The number of fused-ring (bicyclic) bond motifs is 2. The van der Waals surface area contributed by atoms with Gasteiger partial charge in [-0.15, -0.1) is 0 Å². The van der Waals surface area contributed by atoms with Gasteiger partial charge < -0.3 is 33.5 Å². The number of aliphatic hydroxyl groups is 1. The van der Waals surface area contributed by atoms with Gasteiger partial charge in [0.2, 0.25) is 6.29 Å². The second-order valence-corrected chi connectivity index (χ2v) is 8.63. The average molecular weight is 470 g/mol. The number of carbonyl (C=O) groups excluding carboxylic acids is 1. The lowest BCUT2D eigenvalue weighted by atomic mass is 9.69. The number of rotatable bonds is 12. The number of unbranched alkanes of at least 4 members (excludes halogenated alkanes) is 2. The Hall–Kier alpha value is -2.04. The van der Waals surface area contributed by atoms with Crippen LogP contribution < -0.4 is 0 Å². The summed E-state index contributed by atoms with van der Waals surface area (Å²) in [5.41, 5.74) is 8.90. The Labute approximate surface area is 193 Å². The van der Waals surface area contributed by atoms with Crippen molar-refractivity contribution in [2.75, 3.05) is 19.8 Å². The molecule has 1 aliphatic carbocycles. The van der Waals surface area contributed by atoms with E-state index in [1.807, 2.05) is 0 Å². The van der Waals surface area contributed by atoms with Crippen LogP contribution in [0.1, 0.15) is 52.9 Å². The Bertz CT molecular complexity index is 728. The third-order valence-corrected chi connectivity index (χ3v) is 6.18. The van der Waals surface area contributed by atoms with Gasteiger partial charge in [-0.1, -0.05) is 31.8 Å². The maximum Gasteiger partial charge on any atom is 0.303 e. The minimum absolute atomic E-state index is 0.00392. The summed E-state index contributed by atoms with van der Waals surface area (Å²) in [5, 5.41) is 13.9. The minimum Gasteiger partial charge on any atom is -0.492 e. The number of hydrogen-bond donors (Lipinski definition) is 1. The predicted octanol–water partition coefficient (Wildman–Crippen LogP) is 3.17. The molecule has 0 spiro atoms. The van der Waals surface area contributed by atoms with E-state index in [4.69, 9.17) is 34.0 Å². The number of carbonyl (C=O) groups is 1. The van der Waals surface area contributed by atoms with E-state index in [1.54, 1.807) is 0 Å². The van der Waals surface area contributed by atoms with Crippen LogP contribution in [0, 0.1) is 11.8 Å². The van der Waals surface area contributed by atoms with Gasteiger partial charge >= 0.3 is 5.97 Å². The third kappa shape index (κ3) is 6.30. The molecule has 1 saturated heterocycles. The lowest BCUT2D eigenvalue weighted by Crippen LogP contribution is -2.56. The van der Waals surface area contributed by atoms with Crippen molar-refractivity contribution in [3.05, 3.63) is 22.5 Å². The zero-order valence-corrected chi connectivity index (χ0v) is 19.5. The topological polar surface area (TPSA) is 141 Å². The van der Waals surface area contributed by atoms with Gasteiger partial charge in [0.15, 0.2) is 24.3 Å². The fourth-order valence-corrected chi connectivity index (χ4v) is 4.35. The molecule has 8 atom stereocenters. The van der Waals surface area contributed by atoms with Crippen LogP contribution in [0.2, 0.25) is 0 Å². The Morgan fingerprint density at radius 2 is 2.03 bits per heavy atom. The van der Waals surface area contributed by atoms with E-state index in [2.05, 4.69) is 23.9 Å². The zero-order valence-electron chi connectivity index (χ0n) is 19.5. The highest BCUT2D eigenvalue weighted by Crippen LogP contribution is 2.45. The Morgan fingerprint density at radius 3 is 2.73 bits per heavy atom. The van der Waals surface area contributed by atoms with E-state index in [1.165, 1.54) is 13.2 Å². The van der Waals surface area contributed by atoms with Crippen molar-refractivity contribution in [3.8, 4) is 0 Å². The lowest BCUT2D eigenvalue weighted by molar-refractivity contribution is -0.268. The summed E-state index contributed by atoms with van der Waals surface area (Å²) in [6.45, 7) is 6.68. The zero-order chi connectivity index (χ0) is 23.8. The molecule has 1 N–H and O–H groups in total. The number of aliphatic hydroxyl groups excluding tert-OH is 1. The summed E-state index contributed by atoms with van der Waals surface area (Å²) in [4.78, 5) is 14.8. The largest absolute Gasteiger partial charge is 0.492 e. The minimum atomic E-state index is -1.19. The molecule has 5 unspecified atom stereocenters. The van der Waals surface area contributed by atoms with E-state index in [0.29, 0.717) is 25.4 Å². The summed E-state index contributed by atoms with van der Waals surface area (Å²) in [6, 6.07) is -0.769. The van der Waals surface area contributed by atoms with Crippen LogP contribution in [-0.2, 0) is 33.2 Å². The van der Waals surface area contributed by atoms with E-state index >= 15 is 0 Å². The molecule has 3 rings (SSSR count). The van der Waals surface area contributed by atoms with Crippen LogP contribution in [0.25, 0.3) is 10.4 Å². The van der Waals surface area contributed by atoms with Gasteiger partial charge in [-0.2, -0.15) is 0 Å². The number of ether oxygens (including phenoxy) is 6. The molecule has 186 valence electrons. The average Bonchev–Trinajstić information content (AvgIpc) is 3.01. The first-order valence-corrected chi connectivity index (χ1v) is 11.8. The molecule has 0 aromatic heterocycles. The standard InChI is InChI=1S/C22H35N3O8/c1-4-6-8-28-16-12-31-22(20(32-13(3)26)19(16)29-9-7-5-2)33-18-14-10-15(18)17(24-25-23)21(27)30-11-14/h12,14-15,17-22,27H,4-11H2,1-3H3/t14?,15?,17?,18-,19?,20?,21+,22+/m1/s1. The molecule has 33 heavy (non-hydrogen) atoms. The van der Waals surface area contributed by atoms with Crippen molar-refractivity contribution >= 4 is 5.97 Å². The van der Waals surface area contributed by atoms with E-state index < -0.39 is 42.9 Å². The van der Waals surface area contributed by atoms with Crippen LogP contribution in [0.4, 0.5) is 0 Å². The van der Waals surface area contributed by atoms with Crippen molar-refractivity contribution in [3.63, 3.8) is 0 Å². The fourth-order valence-electron chi connectivity index (χ4n) is 4.35. The van der Waals surface area contributed by atoms with Crippen molar-refractivity contribution in [2.24, 2.45) is 17.0 Å². The van der Waals surface area contributed by atoms with Gasteiger partial charge in [-0.25, -0.2) is 0 Å².